The molecule has 0 saturated carbocycles. The minimum atomic E-state index is -0.585. The summed E-state index contributed by atoms with van der Waals surface area (Å²) in [5.74, 6) is -2.32. The summed E-state index contributed by atoms with van der Waals surface area (Å²) in [5, 5.41) is 4.75. The van der Waals surface area contributed by atoms with Crippen LogP contribution >= 0.6 is 31.9 Å². The van der Waals surface area contributed by atoms with Crippen molar-refractivity contribution < 1.29 is 38.1 Å². The van der Waals surface area contributed by atoms with Gasteiger partial charge in [-0.15, -0.1) is 0 Å². The standard InChI is InChI=1S/C32H26Br2O8/c1-5-39-29(35)17-11-9-15-26-22(34)14-20(32(38)42-8-4)24-18(30(36)40-6-2)12-10-16(28(24)26)25-21(33)13-19(23(17)27(15)25)31(37)41-7-3/h9-14H,5-8H2,1-4H3. The lowest BCUT2D eigenvalue weighted by Crippen LogP contribution is -2.12. The van der Waals surface area contributed by atoms with E-state index in [1.807, 2.05) is 0 Å². The van der Waals surface area contributed by atoms with Crippen LogP contribution < -0.4 is 0 Å². The monoisotopic (exact) mass is 696 g/mol. The van der Waals surface area contributed by atoms with Crippen molar-refractivity contribution in [2.24, 2.45) is 0 Å². The molecule has 0 N–H and O–H groups in total. The first-order chi connectivity index (χ1) is 20.2. The predicted octanol–water partition coefficient (Wildman–Crippen LogP) is 7.97. The minimum absolute atomic E-state index is 0.148. The molecule has 0 aliphatic heterocycles. The maximum Gasteiger partial charge on any atom is 0.338 e. The molecular weight excluding hydrogens is 672 g/mol. The maximum atomic E-state index is 13.2. The van der Waals surface area contributed by atoms with Crippen LogP contribution in [-0.2, 0) is 18.9 Å². The lowest BCUT2D eigenvalue weighted by molar-refractivity contribution is 0.0511. The Labute approximate surface area is 257 Å². The summed E-state index contributed by atoms with van der Waals surface area (Å²) in [7, 11) is 0. The van der Waals surface area contributed by atoms with Crippen LogP contribution in [0.25, 0.3) is 43.1 Å². The van der Waals surface area contributed by atoms with Gasteiger partial charge in [-0.25, -0.2) is 19.2 Å². The van der Waals surface area contributed by atoms with Gasteiger partial charge in [-0.1, -0.05) is 44.0 Å². The number of ether oxygens (including phenoxy) is 4. The third-order valence-electron chi connectivity index (χ3n) is 6.99. The summed E-state index contributed by atoms with van der Waals surface area (Å²) in [6.07, 6.45) is 0. The predicted molar refractivity (Wildman–Crippen MR) is 167 cm³/mol. The van der Waals surface area contributed by atoms with Crippen molar-refractivity contribution >= 4 is 98.8 Å². The molecule has 5 rings (SSSR count). The van der Waals surface area contributed by atoms with Gasteiger partial charge in [0.05, 0.1) is 48.7 Å². The molecule has 0 aromatic heterocycles. The van der Waals surface area contributed by atoms with E-state index in [0.717, 1.165) is 0 Å². The second kappa shape index (κ2) is 11.9. The van der Waals surface area contributed by atoms with Gasteiger partial charge in [0.15, 0.2) is 0 Å². The summed E-state index contributed by atoms with van der Waals surface area (Å²) >= 11 is 7.34. The van der Waals surface area contributed by atoms with Crippen molar-refractivity contribution in [2.45, 2.75) is 27.7 Å². The Hall–Kier alpha value is -3.76. The van der Waals surface area contributed by atoms with Crippen molar-refractivity contribution in [1.29, 1.82) is 0 Å². The summed E-state index contributed by atoms with van der Waals surface area (Å²) in [6, 6.07) is 10.1. The molecule has 42 heavy (non-hydrogen) atoms. The second-order valence-electron chi connectivity index (χ2n) is 9.27. The molecule has 0 saturated heterocycles. The molecule has 0 aliphatic carbocycles. The Bertz CT molecular complexity index is 1790. The fraction of sp³-hybridized carbons (Fsp3) is 0.250. The SMILES string of the molecule is CCOC(=O)c1ccc2c3c(Br)cc(C(=O)OCC)c4c(C(=O)OCC)ccc(c5c(Br)cc(C(=O)OCC)c1c25)c43. The highest BCUT2D eigenvalue weighted by molar-refractivity contribution is 9.11. The minimum Gasteiger partial charge on any atom is -0.462 e. The number of hydrogen-bond acceptors (Lipinski definition) is 8. The van der Waals surface area contributed by atoms with E-state index in [2.05, 4.69) is 31.9 Å². The molecule has 0 aliphatic rings. The van der Waals surface area contributed by atoms with Crippen molar-refractivity contribution in [2.75, 3.05) is 26.4 Å². The van der Waals surface area contributed by atoms with Crippen LogP contribution in [-0.4, -0.2) is 50.3 Å². The van der Waals surface area contributed by atoms with Crippen molar-refractivity contribution in [1.82, 2.24) is 0 Å². The Balaban J connectivity index is 2.08. The van der Waals surface area contributed by atoms with E-state index in [-0.39, 0.29) is 48.7 Å². The Kier molecular flexibility index (Phi) is 8.39. The zero-order chi connectivity index (χ0) is 30.3. The highest BCUT2D eigenvalue weighted by Crippen LogP contribution is 2.49. The Morgan fingerprint density at radius 2 is 0.786 bits per heavy atom. The number of benzene rings is 5. The lowest BCUT2D eigenvalue weighted by atomic mass is 9.84. The quantitative estimate of drug-likeness (QED) is 0.0696. The van der Waals surface area contributed by atoms with Crippen LogP contribution in [0.2, 0.25) is 0 Å². The number of halogens is 2. The molecule has 10 heteroatoms. The van der Waals surface area contributed by atoms with E-state index in [1.54, 1.807) is 64.1 Å². The Morgan fingerprint density at radius 3 is 1.10 bits per heavy atom. The van der Waals surface area contributed by atoms with Gasteiger partial charge in [-0.05, 0) is 62.7 Å². The summed E-state index contributed by atoms with van der Waals surface area (Å²) < 4.78 is 22.6. The third kappa shape index (κ3) is 4.66. The topological polar surface area (TPSA) is 105 Å². The summed E-state index contributed by atoms with van der Waals surface area (Å²) in [5.41, 5.74) is 0.841. The molecule has 5 aromatic carbocycles. The van der Waals surface area contributed by atoms with E-state index in [4.69, 9.17) is 18.9 Å². The molecule has 0 fully saturated rings. The first kappa shape index (κ1) is 29.7. The molecule has 0 radical (unpaired) electrons. The van der Waals surface area contributed by atoms with Crippen molar-refractivity contribution in [3.05, 3.63) is 67.6 Å². The lowest BCUT2D eigenvalue weighted by Gasteiger charge is -2.22. The van der Waals surface area contributed by atoms with Crippen LogP contribution in [0.4, 0.5) is 0 Å². The van der Waals surface area contributed by atoms with Gasteiger partial charge in [0.25, 0.3) is 0 Å². The van der Waals surface area contributed by atoms with Crippen LogP contribution in [0.5, 0.6) is 0 Å². The van der Waals surface area contributed by atoms with Gasteiger partial charge in [0, 0.05) is 41.3 Å². The highest BCUT2D eigenvalue weighted by Gasteiger charge is 2.29. The number of carbonyl (C=O) groups excluding carboxylic acids is 4. The molecular formula is C32H26Br2O8. The number of rotatable bonds is 8. The van der Waals surface area contributed by atoms with Gasteiger partial charge in [-0.2, -0.15) is 0 Å². The van der Waals surface area contributed by atoms with Crippen molar-refractivity contribution in [3.8, 4) is 0 Å². The fourth-order valence-corrected chi connectivity index (χ4v) is 6.79. The summed E-state index contributed by atoms with van der Waals surface area (Å²) in [6.45, 7) is 7.44. The molecule has 0 atom stereocenters. The average molecular weight is 698 g/mol. The molecule has 0 spiro atoms. The van der Waals surface area contributed by atoms with Crippen molar-refractivity contribution in [3.63, 3.8) is 0 Å². The molecule has 8 nitrogen and oxygen atoms in total. The van der Waals surface area contributed by atoms with E-state index in [1.165, 1.54) is 0 Å². The first-order valence-corrected chi connectivity index (χ1v) is 15.1. The molecule has 0 bridgehead atoms. The zero-order valence-corrected chi connectivity index (χ0v) is 26.5. The van der Waals surface area contributed by atoms with E-state index in [0.29, 0.717) is 52.0 Å². The van der Waals surface area contributed by atoms with Gasteiger partial charge < -0.3 is 18.9 Å². The molecule has 0 amide bonds. The maximum absolute atomic E-state index is 13.2. The smallest absolute Gasteiger partial charge is 0.338 e. The number of carbonyl (C=O) groups is 4. The largest absolute Gasteiger partial charge is 0.462 e. The average Bonchev–Trinajstić information content (AvgIpc) is 2.96. The summed E-state index contributed by atoms with van der Waals surface area (Å²) in [4.78, 5) is 52.8. The number of esters is 4. The highest BCUT2D eigenvalue weighted by atomic mass is 79.9. The first-order valence-electron chi connectivity index (χ1n) is 13.5. The van der Waals surface area contributed by atoms with Crippen LogP contribution in [0.1, 0.15) is 69.1 Å². The molecule has 216 valence electrons. The van der Waals surface area contributed by atoms with Gasteiger partial charge >= 0.3 is 23.9 Å². The third-order valence-corrected chi connectivity index (χ3v) is 8.24. The van der Waals surface area contributed by atoms with Gasteiger partial charge in [0.2, 0.25) is 0 Å². The van der Waals surface area contributed by atoms with E-state index in [9.17, 15) is 19.2 Å². The van der Waals surface area contributed by atoms with Crippen LogP contribution in [0.15, 0.2) is 45.3 Å². The van der Waals surface area contributed by atoms with Crippen LogP contribution in [0.3, 0.4) is 0 Å². The zero-order valence-electron chi connectivity index (χ0n) is 23.3. The second-order valence-corrected chi connectivity index (χ2v) is 11.0. The molecule has 0 unspecified atom stereocenters. The van der Waals surface area contributed by atoms with Crippen LogP contribution in [0, 0.1) is 0 Å². The molecule has 0 heterocycles. The number of fused-ring (bicyclic) bond motifs is 2. The normalized spacial score (nSPS) is 11.4. The van der Waals surface area contributed by atoms with Gasteiger partial charge in [0.1, 0.15) is 0 Å². The van der Waals surface area contributed by atoms with E-state index >= 15 is 0 Å². The van der Waals surface area contributed by atoms with Gasteiger partial charge in [-0.3, -0.25) is 0 Å². The van der Waals surface area contributed by atoms with E-state index < -0.39 is 23.9 Å². The fourth-order valence-electron chi connectivity index (χ4n) is 5.51. The number of hydrogen-bond donors (Lipinski definition) is 0. The molecule has 5 aromatic rings. The Morgan fingerprint density at radius 1 is 0.476 bits per heavy atom.